The standard InChI is InChI=1S/C17H24N2O3/c1-3-4-5-6-7-8-12-15(17(21)22-2)19-16(20)14-11-9-10-13-18-14/h3,9-11,13,15H,1,4-8,12H2,2H3,(H,19,20)/t15-/m1/s1. The summed E-state index contributed by atoms with van der Waals surface area (Å²) in [5.41, 5.74) is 0.294. The van der Waals surface area contributed by atoms with E-state index < -0.39 is 12.0 Å². The third-order valence-corrected chi connectivity index (χ3v) is 3.34. The third kappa shape index (κ3) is 6.52. The van der Waals surface area contributed by atoms with E-state index in [-0.39, 0.29) is 5.91 Å². The lowest BCUT2D eigenvalue weighted by Gasteiger charge is -2.16. The van der Waals surface area contributed by atoms with Crippen LogP contribution in [0.3, 0.4) is 0 Å². The molecule has 0 aliphatic carbocycles. The summed E-state index contributed by atoms with van der Waals surface area (Å²) in [6.07, 6.45) is 9.10. The molecule has 5 nitrogen and oxygen atoms in total. The van der Waals surface area contributed by atoms with Gasteiger partial charge in [-0.25, -0.2) is 4.79 Å². The van der Waals surface area contributed by atoms with Crippen molar-refractivity contribution in [3.8, 4) is 0 Å². The Kier molecular flexibility index (Phi) is 8.57. The van der Waals surface area contributed by atoms with Crippen LogP contribution in [0.1, 0.15) is 49.0 Å². The summed E-state index contributed by atoms with van der Waals surface area (Å²) >= 11 is 0. The van der Waals surface area contributed by atoms with Gasteiger partial charge in [-0.1, -0.05) is 31.4 Å². The molecule has 0 unspecified atom stereocenters. The highest BCUT2D eigenvalue weighted by Crippen LogP contribution is 2.09. The van der Waals surface area contributed by atoms with E-state index in [0.29, 0.717) is 12.1 Å². The Morgan fingerprint density at radius 3 is 2.73 bits per heavy atom. The number of amides is 1. The lowest BCUT2D eigenvalue weighted by molar-refractivity contribution is -0.143. The summed E-state index contributed by atoms with van der Waals surface area (Å²) < 4.78 is 4.76. The summed E-state index contributed by atoms with van der Waals surface area (Å²) in [6.45, 7) is 3.69. The largest absolute Gasteiger partial charge is 0.467 e. The molecule has 5 heteroatoms. The molecule has 1 heterocycles. The molecule has 1 N–H and O–H groups in total. The van der Waals surface area contributed by atoms with Crippen LogP contribution in [0.25, 0.3) is 0 Å². The highest BCUT2D eigenvalue weighted by Gasteiger charge is 2.21. The van der Waals surface area contributed by atoms with E-state index in [2.05, 4.69) is 16.9 Å². The number of nitrogens with zero attached hydrogens (tertiary/aromatic N) is 1. The maximum Gasteiger partial charge on any atom is 0.328 e. The predicted molar refractivity (Wildman–Crippen MR) is 85.4 cm³/mol. The molecule has 0 bridgehead atoms. The van der Waals surface area contributed by atoms with Crippen LogP contribution in [0.5, 0.6) is 0 Å². The Balaban J connectivity index is 2.45. The second kappa shape index (κ2) is 10.5. The second-order valence-electron chi connectivity index (χ2n) is 5.04. The number of carbonyl (C=O) groups is 2. The van der Waals surface area contributed by atoms with Crippen molar-refractivity contribution in [2.24, 2.45) is 0 Å². The summed E-state index contributed by atoms with van der Waals surface area (Å²) in [7, 11) is 1.33. The number of pyridine rings is 1. The van der Waals surface area contributed by atoms with E-state index in [0.717, 1.165) is 32.1 Å². The van der Waals surface area contributed by atoms with Gasteiger partial charge in [-0.05, 0) is 31.4 Å². The molecule has 0 aliphatic heterocycles. The summed E-state index contributed by atoms with van der Waals surface area (Å²) in [6, 6.07) is 4.45. The van der Waals surface area contributed by atoms with Crippen LogP contribution in [0.15, 0.2) is 37.1 Å². The highest BCUT2D eigenvalue weighted by molar-refractivity contribution is 5.95. The van der Waals surface area contributed by atoms with E-state index in [1.165, 1.54) is 7.11 Å². The molecule has 120 valence electrons. The van der Waals surface area contributed by atoms with E-state index in [9.17, 15) is 9.59 Å². The van der Waals surface area contributed by atoms with Gasteiger partial charge in [0.2, 0.25) is 0 Å². The first-order valence-electron chi connectivity index (χ1n) is 7.59. The molecule has 0 aromatic carbocycles. The van der Waals surface area contributed by atoms with Gasteiger partial charge in [0, 0.05) is 6.20 Å². The first-order valence-corrected chi connectivity index (χ1v) is 7.59. The second-order valence-corrected chi connectivity index (χ2v) is 5.04. The number of hydrogen-bond acceptors (Lipinski definition) is 4. The fraction of sp³-hybridized carbons (Fsp3) is 0.471. The van der Waals surface area contributed by atoms with Crippen molar-refractivity contribution in [1.29, 1.82) is 0 Å². The minimum atomic E-state index is -0.626. The Hall–Kier alpha value is -2.17. The molecular formula is C17H24N2O3. The van der Waals surface area contributed by atoms with Crippen molar-refractivity contribution < 1.29 is 14.3 Å². The van der Waals surface area contributed by atoms with E-state index in [4.69, 9.17) is 4.74 Å². The normalized spacial score (nSPS) is 11.5. The van der Waals surface area contributed by atoms with Crippen molar-refractivity contribution in [2.75, 3.05) is 7.11 Å². The number of unbranched alkanes of at least 4 members (excludes halogenated alkanes) is 4. The fourth-order valence-electron chi connectivity index (χ4n) is 2.11. The zero-order valence-electron chi connectivity index (χ0n) is 13.1. The molecule has 0 radical (unpaired) electrons. The molecule has 0 fully saturated rings. The quantitative estimate of drug-likeness (QED) is 0.410. The van der Waals surface area contributed by atoms with Gasteiger partial charge in [-0.15, -0.1) is 6.58 Å². The number of rotatable bonds is 10. The van der Waals surface area contributed by atoms with E-state index >= 15 is 0 Å². The van der Waals surface area contributed by atoms with Gasteiger partial charge in [-0.2, -0.15) is 0 Å². The number of methoxy groups -OCH3 is 1. The van der Waals surface area contributed by atoms with Crippen LogP contribution < -0.4 is 5.32 Å². The molecule has 1 atom stereocenters. The smallest absolute Gasteiger partial charge is 0.328 e. The Morgan fingerprint density at radius 1 is 1.32 bits per heavy atom. The molecule has 0 spiro atoms. The lowest BCUT2D eigenvalue weighted by atomic mass is 10.1. The van der Waals surface area contributed by atoms with Crippen molar-refractivity contribution in [1.82, 2.24) is 10.3 Å². The van der Waals surface area contributed by atoms with E-state index in [1.807, 2.05) is 6.08 Å². The van der Waals surface area contributed by atoms with Crippen molar-refractivity contribution >= 4 is 11.9 Å². The molecule has 1 rings (SSSR count). The van der Waals surface area contributed by atoms with Gasteiger partial charge in [0.05, 0.1) is 7.11 Å². The lowest BCUT2D eigenvalue weighted by Crippen LogP contribution is -2.41. The molecule has 1 aromatic heterocycles. The number of ether oxygens (including phenoxy) is 1. The fourth-order valence-corrected chi connectivity index (χ4v) is 2.11. The van der Waals surface area contributed by atoms with Gasteiger partial charge in [-0.3, -0.25) is 9.78 Å². The average Bonchev–Trinajstić information content (AvgIpc) is 2.56. The third-order valence-electron chi connectivity index (χ3n) is 3.34. The van der Waals surface area contributed by atoms with Gasteiger partial charge in [0.25, 0.3) is 5.91 Å². The molecule has 0 aliphatic rings. The van der Waals surface area contributed by atoms with Gasteiger partial charge < -0.3 is 10.1 Å². The zero-order valence-corrected chi connectivity index (χ0v) is 13.1. The summed E-state index contributed by atoms with van der Waals surface area (Å²) in [5.74, 6) is -0.780. The van der Waals surface area contributed by atoms with Crippen LogP contribution in [0.2, 0.25) is 0 Å². The molecule has 22 heavy (non-hydrogen) atoms. The number of hydrogen-bond donors (Lipinski definition) is 1. The van der Waals surface area contributed by atoms with Crippen LogP contribution in [0.4, 0.5) is 0 Å². The summed E-state index contributed by atoms with van der Waals surface area (Å²) in [5, 5.41) is 2.69. The van der Waals surface area contributed by atoms with E-state index in [1.54, 1.807) is 24.4 Å². The van der Waals surface area contributed by atoms with Crippen LogP contribution in [0, 0.1) is 0 Å². The molecule has 0 saturated heterocycles. The van der Waals surface area contributed by atoms with Crippen molar-refractivity contribution in [3.05, 3.63) is 42.7 Å². The number of carbonyl (C=O) groups excluding carboxylic acids is 2. The molecule has 1 amide bonds. The van der Waals surface area contributed by atoms with Crippen LogP contribution >= 0.6 is 0 Å². The number of nitrogens with one attached hydrogen (secondary N) is 1. The van der Waals surface area contributed by atoms with Gasteiger partial charge in [0.1, 0.15) is 11.7 Å². The minimum Gasteiger partial charge on any atom is -0.467 e. The molecule has 1 aromatic rings. The SMILES string of the molecule is C=CCCCCCC[C@@H](NC(=O)c1ccccn1)C(=O)OC. The number of esters is 1. The van der Waals surface area contributed by atoms with Crippen LogP contribution in [-0.4, -0.2) is 30.0 Å². The number of aromatic nitrogens is 1. The first-order chi connectivity index (χ1) is 10.7. The van der Waals surface area contributed by atoms with Gasteiger partial charge in [0.15, 0.2) is 0 Å². The van der Waals surface area contributed by atoms with Gasteiger partial charge >= 0.3 is 5.97 Å². The average molecular weight is 304 g/mol. The topological polar surface area (TPSA) is 68.3 Å². The van der Waals surface area contributed by atoms with Crippen LogP contribution in [-0.2, 0) is 9.53 Å². The van der Waals surface area contributed by atoms with Crippen molar-refractivity contribution in [3.63, 3.8) is 0 Å². The first kappa shape index (κ1) is 17.9. The Bertz CT molecular complexity index is 474. The maximum absolute atomic E-state index is 12.1. The van der Waals surface area contributed by atoms with Crippen molar-refractivity contribution in [2.45, 2.75) is 44.6 Å². The molecular weight excluding hydrogens is 280 g/mol. The number of allylic oxidation sites excluding steroid dienone is 1. The Morgan fingerprint density at radius 2 is 2.09 bits per heavy atom. The maximum atomic E-state index is 12.1. The predicted octanol–water partition coefficient (Wildman–Crippen LogP) is 2.88. The monoisotopic (exact) mass is 304 g/mol. The minimum absolute atomic E-state index is 0.294. The Labute approximate surface area is 131 Å². The summed E-state index contributed by atoms with van der Waals surface area (Å²) in [4.78, 5) is 27.8. The zero-order chi connectivity index (χ0) is 16.2. The highest BCUT2D eigenvalue weighted by atomic mass is 16.5. The molecule has 0 saturated carbocycles.